The average Bonchev–Trinajstić information content (AvgIpc) is 2.78. The summed E-state index contributed by atoms with van der Waals surface area (Å²) in [6, 6.07) is 19.0. The van der Waals surface area contributed by atoms with Gasteiger partial charge in [-0.05, 0) is 48.4 Å². The molecule has 0 saturated carbocycles. The van der Waals surface area contributed by atoms with E-state index in [1.807, 2.05) is 56.3 Å². The van der Waals surface area contributed by atoms with E-state index >= 15 is 0 Å². The zero-order valence-electron chi connectivity index (χ0n) is 17.8. The summed E-state index contributed by atoms with van der Waals surface area (Å²) in [5, 5.41) is 5.10. The quantitative estimate of drug-likeness (QED) is 0.664. The number of hydrogen-bond acceptors (Lipinski definition) is 4. The SMILES string of the molecule is Cc1ccc(NCC(=O)N2CCN(S(=O)(=O)c3ccc4ccccc4c3)CC2)c(C)c1. The van der Waals surface area contributed by atoms with Crippen molar-refractivity contribution in [2.24, 2.45) is 0 Å². The molecule has 3 aromatic carbocycles. The van der Waals surface area contributed by atoms with Crippen LogP contribution >= 0.6 is 0 Å². The van der Waals surface area contributed by atoms with Gasteiger partial charge in [0.15, 0.2) is 0 Å². The van der Waals surface area contributed by atoms with Crippen LogP contribution < -0.4 is 5.32 Å². The molecule has 1 saturated heterocycles. The Morgan fingerprint density at radius 2 is 1.61 bits per heavy atom. The van der Waals surface area contributed by atoms with E-state index in [1.165, 1.54) is 9.87 Å². The Morgan fingerprint density at radius 3 is 2.32 bits per heavy atom. The number of nitrogens with one attached hydrogen (secondary N) is 1. The van der Waals surface area contributed by atoms with Crippen LogP contribution in [0.1, 0.15) is 11.1 Å². The number of hydrogen-bond donors (Lipinski definition) is 1. The van der Waals surface area contributed by atoms with Crippen molar-refractivity contribution < 1.29 is 13.2 Å². The number of sulfonamides is 1. The van der Waals surface area contributed by atoms with Gasteiger partial charge in [-0.3, -0.25) is 4.79 Å². The molecule has 0 atom stereocenters. The van der Waals surface area contributed by atoms with Gasteiger partial charge in [-0.2, -0.15) is 4.31 Å². The van der Waals surface area contributed by atoms with Crippen LogP contribution in [0.15, 0.2) is 65.6 Å². The number of aryl methyl sites for hydroxylation is 2. The van der Waals surface area contributed by atoms with Crippen LogP contribution in [0.3, 0.4) is 0 Å². The number of piperazine rings is 1. The fourth-order valence-electron chi connectivity index (χ4n) is 3.95. The van der Waals surface area contributed by atoms with E-state index < -0.39 is 10.0 Å². The van der Waals surface area contributed by atoms with Gasteiger partial charge in [0.25, 0.3) is 0 Å². The van der Waals surface area contributed by atoms with Gasteiger partial charge < -0.3 is 10.2 Å². The Hall–Kier alpha value is -2.90. The molecule has 1 amide bonds. The van der Waals surface area contributed by atoms with E-state index in [1.54, 1.807) is 17.0 Å². The van der Waals surface area contributed by atoms with Crippen molar-refractivity contribution in [1.29, 1.82) is 0 Å². The van der Waals surface area contributed by atoms with Gasteiger partial charge in [-0.25, -0.2) is 8.42 Å². The fourth-order valence-corrected chi connectivity index (χ4v) is 5.41. The Balaban J connectivity index is 1.37. The molecular weight excluding hydrogens is 410 g/mol. The molecule has 6 nitrogen and oxygen atoms in total. The highest BCUT2D eigenvalue weighted by molar-refractivity contribution is 7.89. The van der Waals surface area contributed by atoms with Crippen LogP contribution in [0, 0.1) is 13.8 Å². The summed E-state index contributed by atoms with van der Waals surface area (Å²) in [7, 11) is -3.59. The molecule has 0 bridgehead atoms. The van der Waals surface area contributed by atoms with Crippen LogP contribution in [0.5, 0.6) is 0 Å². The summed E-state index contributed by atoms with van der Waals surface area (Å²) in [4.78, 5) is 14.6. The van der Waals surface area contributed by atoms with Crippen LogP contribution in [0.25, 0.3) is 10.8 Å². The first kappa shape index (κ1) is 21.3. The first-order chi connectivity index (χ1) is 14.8. The number of amides is 1. The second kappa shape index (κ2) is 8.69. The van der Waals surface area contributed by atoms with Crippen molar-refractivity contribution in [3.63, 3.8) is 0 Å². The van der Waals surface area contributed by atoms with E-state index in [-0.39, 0.29) is 12.5 Å². The van der Waals surface area contributed by atoms with Gasteiger partial charge in [0.2, 0.25) is 15.9 Å². The monoisotopic (exact) mass is 437 g/mol. The Bertz CT molecular complexity index is 1220. The van der Waals surface area contributed by atoms with Gasteiger partial charge in [-0.1, -0.05) is 48.0 Å². The van der Waals surface area contributed by atoms with Gasteiger partial charge in [0.05, 0.1) is 11.4 Å². The van der Waals surface area contributed by atoms with Crippen LogP contribution in [-0.4, -0.2) is 56.3 Å². The molecule has 1 heterocycles. The average molecular weight is 438 g/mol. The summed E-state index contributed by atoms with van der Waals surface area (Å²) in [6.45, 7) is 5.61. The number of rotatable bonds is 5. The number of carbonyl (C=O) groups excluding carboxylic acids is 1. The molecule has 0 unspecified atom stereocenters. The zero-order valence-corrected chi connectivity index (χ0v) is 18.7. The molecule has 0 spiro atoms. The van der Waals surface area contributed by atoms with Crippen molar-refractivity contribution in [1.82, 2.24) is 9.21 Å². The Morgan fingerprint density at radius 1 is 0.903 bits per heavy atom. The minimum Gasteiger partial charge on any atom is -0.376 e. The minimum absolute atomic E-state index is 0.0253. The largest absolute Gasteiger partial charge is 0.376 e. The normalized spacial score (nSPS) is 15.2. The molecule has 4 rings (SSSR count). The molecule has 1 aliphatic rings. The molecule has 0 radical (unpaired) electrons. The molecule has 31 heavy (non-hydrogen) atoms. The van der Waals surface area contributed by atoms with E-state index in [0.29, 0.717) is 31.1 Å². The zero-order chi connectivity index (χ0) is 22.0. The maximum atomic E-state index is 13.1. The van der Waals surface area contributed by atoms with Gasteiger partial charge >= 0.3 is 0 Å². The van der Waals surface area contributed by atoms with Crippen molar-refractivity contribution in [3.8, 4) is 0 Å². The molecule has 1 N–H and O–H groups in total. The molecular formula is C24H27N3O3S. The summed E-state index contributed by atoms with van der Waals surface area (Å²) in [5.41, 5.74) is 3.22. The summed E-state index contributed by atoms with van der Waals surface area (Å²) >= 11 is 0. The maximum Gasteiger partial charge on any atom is 0.243 e. The molecule has 162 valence electrons. The summed E-state index contributed by atoms with van der Waals surface area (Å²) in [5.74, 6) is -0.0253. The number of benzene rings is 3. The summed E-state index contributed by atoms with van der Waals surface area (Å²) in [6.07, 6.45) is 0. The second-order valence-corrected chi connectivity index (χ2v) is 9.90. The third-order valence-corrected chi connectivity index (χ3v) is 7.66. The lowest BCUT2D eigenvalue weighted by Crippen LogP contribution is -2.51. The third-order valence-electron chi connectivity index (χ3n) is 5.76. The van der Waals surface area contributed by atoms with Gasteiger partial charge in [0.1, 0.15) is 0 Å². The Kier molecular flexibility index (Phi) is 5.98. The molecule has 3 aromatic rings. The molecule has 0 aliphatic carbocycles. The van der Waals surface area contributed by atoms with Crippen LogP contribution in [0.2, 0.25) is 0 Å². The Labute approximate surface area is 183 Å². The van der Waals surface area contributed by atoms with Gasteiger partial charge in [-0.15, -0.1) is 0 Å². The molecule has 7 heteroatoms. The van der Waals surface area contributed by atoms with Crippen LogP contribution in [0.4, 0.5) is 5.69 Å². The van der Waals surface area contributed by atoms with E-state index in [4.69, 9.17) is 0 Å². The van der Waals surface area contributed by atoms with Crippen LogP contribution in [-0.2, 0) is 14.8 Å². The maximum absolute atomic E-state index is 13.1. The number of nitrogens with zero attached hydrogens (tertiary/aromatic N) is 2. The van der Waals surface area contributed by atoms with Crippen molar-refractivity contribution in [2.45, 2.75) is 18.7 Å². The predicted octanol–water partition coefficient (Wildman–Crippen LogP) is 3.40. The lowest BCUT2D eigenvalue weighted by atomic mass is 10.1. The minimum atomic E-state index is -3.59. The smallest absolute Gasteiger partial charge is 0.243 e. The highest BCUT2D eigenvalue weighted by Gasteiger charge is 2.30. The van der Waals surface area contributed by atoms with Crippen molar-refractivity contribution in [3.05, 3.63) is 71.8 Å². The topological polar surface area (TPSA) is 69.7 Å². The van der Waals surface area contributed by atoms with E-state index in [0.717, 1.165) is 22.0 Å². The number of fused-ring (bicyclic) bond motifs is 1. The summed E-state index contributed by atoms with van der Waals surface area (Å²) < 4.78 is 27.7. The standard InChI is InChI=1S/C24H27N3O3S/c1-18-7-10-23(19(2)15-18)25-17-24(28)26-11-13-27(14-12-26)31(29,30)22-9-8-20-5-3-4-6-21(20)16-22/h3-10,15-16,25H,11-14,17H2,1-2H3. The second-order valence-electron chi connectivity index (χ2n) is 7.97. The van der Waals surface area contributed by atoms with Crippen molar-refractivity contribution >= 4 is 32.4 Å². The molecule has 0 aromatic heterocycles. The first-order valence-corrected chi connectivity index (χ1v) is 11.9. The first-order valence-electron chi connectivity index (χ1n) is 10.4. The third kappa shape index (κ3) is 4.57. The van der Waals surface area contributed by atoms with Crippen molar-refractivity contribution in [2.75, 3.05) is 38.0 Å². The fraction of sp³-hybridized carbons (Fsp3) is 0.292. The molecule has 1 aliphatic heterocycles. The highest BCUT2D eigenvalue weighted by atomic mass is 32.2. The number of anilines is 1. The number of carbonyl (C=O) groups is 1. The molecule has 1 fully saturated rings. The lowest BCUT2D eigenvalue weighted by Gasteiger charge is -2.34. The highest BCUT2D eigenvalue weighted by Crippen LogP contribution is 2.23. The van der Waals surface area contributed by atoms with E-state index in [9.17, 15) is 13.2 Å². The van der Waals surface area contributed by atoms with E-state index in [2.05, 4.69) is 11.4 Å². The predicted molar refractivity (Wildman–Crippen MR) is 124 cm³/mol. The van der Waals surface area contributed by atoms with Gasteiger partial charge in [0, 0.05) is 31.9 Å². The lowest BCUT2D eigenvalue weighted by molar-refractivity contribution is -0.130.